The van der Waals surface area contributed by atoms with Gasteiger partial charge < -0.3 is 15.1 Å². The molecule has 0 unspecified atom stereocenters. The van der Waals surface area contributed by atoms with Gasteiger partial charge in [0.25, 0.3) is 0 Å². The van der Waals surface area contributed by atoms with Crippen molar-refractivity contribution in [1.82, 2.24) is 15.0 Å². The Hall–Kier alpha value is -2.60. The molecule has 0 bridgehead atoms. The first kappa shape index (κ1) is 13.4. The highest BCUT2D eigenvalue weighted by atomic mass is 35.5. The third-order valence-electron chi connectivity index (χ3n) is 2.83. The van der Waals surface area contributed by atoms with Crippen LogP contribution in [-0.4, -0.2) is 28.3 Å². The lowest BCUT2D eigenvalue weighted by atomic mass is 10.3. The highest BCUT2D eigenvalue weighted by Crippen LogP contribution is 2.24. The van der Waals surface area contributed by atoms with Crippen molar-refractivity contribution >= 4 is 40.4 Å². The number of hydrogen-bond donors (Lipinski definition) is 2. The van der Waals surface area contributed by atoms with Gasteiger partial charge in [0.1, 0.15) is 24.9 Å². The summed E-state index contributed by atoms with van der Waals surface area (Å²) >= 11 is 5.98. The first-order valence-corrected chi connectivity index (χ1v) is 6.57. The maximum Gasteiger partial charge on any atom is 0.143 e. The molecule has 21 heavy (non-hydrogen) atoms. The molecule has 2 aromatic heterocycles. The predicted molar refractivity (Wildman–Crippen MR) is 83.2 cm³/mol. The number of aromatic amines is 1. The molecular formula is C14H12ClN5O. The van der Waals surface area contributed by atoms with E-state index in [0.29, 0.717) is 16.5 Å². The van der Waals surface area contributed by atoms with E-state index < -0.39 is 0 Å². The van der Waals surface area contributed by atoms with Crippen molar-refractivity contribution in [2.75, 3.05) is 12.4 Å². The maximum absolute atomic E-state index is 5.98. The average molecular weight is 302 g/mol. The Morgan fingerprint density at radius 1 is 1.33 bits per heavy atom. The molecule has 0 amide bonds. The van der Waals surface area contributed by atoms with Gasteiger partial charge in [0.15, 0.2) is 0 Å². The Labute approximate surface area is 125 Å². The number of hydrogen-bond acceptors (Lipinski definition) is 5. The quantitative estimate of drug-likeness (QED) is 0.572. The SMILES string of the molecule is CO/N=C/c1cc2c(Nc3cccc(Cl)c3)ncnc2[nH]1. The van der Waals surface area contributed by atoms with Gasteiger partial charge in [0, 0.05) is 10.7 Å². The number of oxime groups is 1. The van der Waals surface area contributed by atoms with E-state index in [1.807, 2.05) is 30.3 Å². The summed E-state index contributed by atoms with van der Waals surface area (Å²) in [4.78, 5) is 16.2. The molecule has 0 saturated heterocycles. The third kappa shape index (κ3) is 2.95. The van der Waals surface area contributed by atoms with Crippen molar-refractivity contribution < 1.29 is 4.84 Å². The summed E-state index contributed by atoms with van der Waals surface area (Å²) in [5.41, 5.74) is 2.35. The van der Waals surface area contributed by atoms with Gasteiger partial charge in [0.2, 0.25) is 0 Å². The topological polar surface area (TPSA) is 75.2 Å². The second kappa shape index (κ2) is 5.80. The fourth-order valence-corrected chi connectivity index (χ4v) is 2.13. The van der Waals surface area contributed by atoms with Crippen LogP contribution >= 0.6 is 11.6 Å². The van der Waals surface area contributed by atoms with Crippen LogP contribution in [0.5, 0.6) is 0 Å². The number of aromatic nitrogens is 3. The fourth-order valence-electron chi connectivity index (χ4n) is 1.94. The van der Waals surface area contributed by atoms with E-state index in [1.54, 1.807) is 6.21 Å². The molecule has 0 aliphatic carbocycles. The van der Waals surface area contributed by atoms with Gasteiger partial charge in [-0.1, -0.05) is 22.8 Å². The number of H-pyrrole nitrogens is 1. The number of halogens is 1. The van der Waals surface area contributed by atoms with Crippen LogP contribution < -0.4 is 5.32 Å². The first-order valence-electron chi connectivity index (χ1n) is 6.19. The van der Waals surface area contributed by atoms with Crippen LogP contribution in [0.15, 0.2) is 41.8 Å². The van der Waals surface area contributed by atoms with E-state index >= 15 is 0 Å². The van der Waals surface area contributed by atoms with Crippen molar-refractivity contribution in [2.24, 2.45) is 5.16 Å². The lowest BCUT2D eigenvalue weighted by Gasteiger charge is -2.06. The number of anilines is 2. The first-order chi connectivity index (χ1) is 10.3. The van der Waals surface area contributed by atoms with E-state index in [9.17, 15) is 0 Å². The summed E-state index contributed by atoms with van der Waals surface area (Å²) < 4.78 is 0. The molecule has 0 fully saturated rings. The average Bonchev–Trinajstić information content (AvgIpc) is 2.89. The zero-order valence-electron chi connectivity index (χ0n) is 11.2. The normalized spacial score (nSPS) is 11.1. The minimum absolute atomic E-state index is 0.660. The number of nitrogens with one attached hydrogen (secondary N) is 2. The largest absolute Gasteiger partial charge is 0.399 e. The van der Waals surface area contributed by atoms with Crippen LogP contribution in [0.25, 0.3) is 11.0 Å². The summed E-state index contributed by atoms with van der Waals surface area (Å²) in [6.07, 6.45) is 3.06. The maximum atomic E-state index is 5.98. The lowest BCUT2D eigenvalue weighted by Crippen LogP contribution is -1.94. The highest BCUT2D eigenvalue weighted by molar-refractivity contribution is 6.30. The second-order valence-corrected chi connectivity index (χ2v) is 4.70. The second-order valence-electron chi connectivity index (χ2n) is 4.26. The van der Waals surface area contributed by atoms with Gasteiger partial charge in [-0.2, -0.15) is 0 Å². The van der Waals surface area contributed by atoms with Crippen LogP contribution in [0, 0.1) is 0 Å². The molecule has 2 heterocycles. The molecule has 106 valence electrons. The Morgan fingerprint density at radius 3 is 3.05 bits per heavy atom. The molecule has 3 rings (SSSR count). The Bertz CT molecular complexity index is 799. The van der Waals surface area contributed by atoms with Gasteiger partial charge in [-0.05, 0) is 24.3 Å². The van der Waals surface area contributed by atoms with E-state index in [0.717, 1.165) is 16.8 Å². The van der Waals surface area contributed by atoms with Crippen molar-refractivity contribution in [2.45, 2.75) is 0 Å². The van der Waals surface area contributed by atoms with E-state index in [-0.39, 0.29) is 0 Å². The molecule has 3 aromatic rings. The predicted octanol–water partition coefficient (Wildman–Crippen LogP) is 3.34. The van der Waals surface area contributed by atoms with E-state index in [2.05, 4.69) is 30.3 Å². The van der Waals surface area contributed by atoms with Crippen LogP contribution in [0.4, 0.5) is 11.5 Å². The minimum Gasteiger partial charge on any atom is -0.399 e. The van der Waals surface area contributed by atoms with Crippen molar-refractivity contribution in [3.8, 4) is 0 Å². The minimum atomic E-state index is 0.660. The van der Waals surface area contributed by atoms with Crippen LogP contribution in [-0.2, 0) is 4.84 Å². The molecule has 0 radical (unpaired) electrons. The summed E-state index contributed by atoms with van der Waals surface area (Å²) in [5.74, 6) is 0.690. The molecule has 6 nitrogen and oxygen atoms in total. The van der Waals surface area contributed by atoms with Gasteiger partial charge in [-0.3, -0.25) is 0 Å². The number of fused-ring (bicyclic) bond motifs is 1. The van der Waals surface area contributed by atoms with Gasteiger partial charge in [-0.25, -0.2) is 9.97 Å². The smallest absolute Gasteiger partial charge is 0.143 e. The number of rotatable bonds is 4. The van der Waals surface area contributed by atoms with Crippen LogP contribution in [0.2, 0.25) is 5.02 Å². The van der Waals surface area contributed by atoms with Crippen LogP contribution in [0.3, 0.4) is 0 Å². The molecule has 0 spiro atoms. The van der Waals surface area contributed by atoms with Gasteiger partial charge in [0.05, 0.1) is 17.3 Å². The zero-order valence-corrected chi connectivity index (χ0v) is 11.9. The number of benzene rings is 1. The van der Waals surface area contributed by atoms with E-state index in [1.165, 1.54) is 13.4 Å². The summed E-state index contributed by atoms with van der Waals surface area (Å²) in [6, 6.07) is 9.33. The zero-order chi connectivity index (χ0) is 14.7. The van der Waals surface area contributed by atoms with Crippen LogP contribution in [0.1, 0.15) is 5.69 Å². The molecule has 0 atom stereocenters. The lowest BCUT2D eigenvalue weighted by molar-refractivity contribution is 0.215. The van der Waals surface area contributed by atoms with Gasteiger partial charge in [-0.15, -0.1) is 0 Å². The Kier molecular flexibility index (Phi) is 3.70. The summed E-state index contributed by atoms with van der Waals surface area (Å²) in [5, 5.41) is 8.46. The number of nitrogens with zero attached hydrogens (tertiary/aromatic N) is 3. The summed E-state index contributed by atoms with van der Waals surface area (Å²) in [7, 11) is 1.49. The third-order valence-corrected chi connectivity index (χ3v) is 3.07. The molecular weight excluding hydrogens is 290 g/mol. The van der Waals surface area contributed by atoms with Crippen molar-refractivity contribution in [3.63, 3.8) is 0 Å². The van der Waals surface area contributed by atoms with Gasteiger partial charge >= 0.3 is 0 Å². The monoisotopic (exact) mass is 301 g/mol. The van der Waals surface area contributed by atoms with Crippen molar-refractivity contribution in [1.29, 1.82) is 0 Å². The molecule has 0 aliphatic rings. The molecule has 0 saturated carbocycles. The molecule has 7 heteroatoms. The molecule has 1 aromatic carbocycles. The molecule has 2 N–H and O–H groups in total. The summed E-state index contributed by atoms with van der Waals surface area (Å²) in [6.45, 7) is 0. The highest BCUT2D eigenvalue weighted by Gasteiger charge is 2.07. The van der Waals surface area contributed by atoms with Crippen molar-refractivity contribution in [3.05, 3.63) is 47.4 Å². The fraction of sp³-hybridized carbons (Fsp3) is 0.0714. The Balaban J connectivity index is 1.98. The Morgan fingerprint density at radius 2 is 2.24 bits per heavy atom. The standard InChI is InChI=1S/C14H12ClN5O/c1-21-18-7-11-6-12-13(16-8-17-14(12)20-11)19-10-4-2-3-9(15)5-10/h2-8H,1H3,(H2,16,17,19,20)/b18-7+. The van der Waals surface area contributed by atoms with E-state index in [4.69, 9.17) is 11.6 Å². The molecule has 0 aliphatic heterocycles.